The standard InChI is InChI=1S/C25H26N4O3S/c1-4-16(2)20-7-5-6-8-22(20)32-14-13-31-19-11-9-18(10-12-19)15-21-23(26)29-25(27-24(21)30)33-17(3)28-29/h5-12,15-16,26H,4,13-14H2,1-3H3/b21-15-,26-23?/t16-/m0/s1. The lowest BCUT2D eigenvalue weighted by Gasteiger charge is -2.20. The maximum atomic E-state index is 12.4. The topological polar surface area (TPSA) is 87.3 Å². The molecular formula is C25H26N4O3S. The third-order valence-electron chi connectivity index (χ3n) is 5.42. The maximum absolute atomic E-state index is 12.4. The second-order valence-electron chi connectivity index (χ2n) is 7.75. The number of fused-ring (bicyclic) bond motifs is 1. The van der Waals surface area contributed by atoms with Gasteiger partial charge in [0.1, 0.15) is 24.7 Å². The molecule has 0 fully saturated rings. The number of hydrogen-bond acceptors (Lipinski definition) is 6. The van der Waals surface area contributed by atoms with Crippen LogP contribution in [0, 0.1) is 5.41 Å². The van der Waals surface area contributed by atoms with Crippen molar-refractivity contribution in [3.8, 4) is 11.5 Å². The Kier molecular flexibility index (Phi) is 6.93. The van der Waals surface area contributed by atoms with Crippen LogP contribution in [0.2, 0.25) is 0 Å². The van der Waals surface area contributed by atoms with Crippen LogP contribution in [-0.4, -0.2) is 40.2 Å². The fourth-order valence-electron chi connectivity index (χ4n) is 3.46. The molecule has 0 spiro atoms. The Hall–Kier alpha value is -3.39. The number of thioether (sulfide) groups is 1. The highest BCUT2D eigenvalue weighted by Crippen LogP contribution is 2.29. The normalized spacial score (nSPS) is 17.5. The summed E-state index contributed by atoms with van der Waals surface area (Å²) in [5, 5.41) is 15.1. The molecule has 0 unspecified atom stereocenters. The van der Waals surface area contributed by atoms with Gasteiger partial charge in [0, 0.05) is 0 Å². The second-order valence-corrected chi connectivity index (χ2v) is 8.91. The van der Waals surface area contributed by atoms with E-state index in [1.807, 2.05) is 49.4 Å². The predicted molar refractivity (Wildman–Crippen MR) is 133 cm³/mol. The smallest absolute Gasteiger partial charge is 0.283 e. The third-order valence-corrected chi connectivity index (χ3v) is 6.24. The highest BCUT2D eigenvalue weighted by atomic mass is 32.2. The Bertz CT molecular complexity index is 1150. The van der Waals surface area contributed by atoms with Gasteiger partial charge in [0.15, 0.2) is 5.84 Å². The molecule has 2 aromatic rings. The first-order valence-electron chi connectivity index (χ1n) is 10.9. The van der Waals surface area contributed by atoms with Crippen LogP contribution in [0.15, 0.2) is 64.2 Å². The Morgan fingerprint density at radius 2 is 1.85 bits per heavy atom. The fraction of sp³-hybridized carbons (Fsp3) is 0.280. The zero-order chi connectivity index (χ0) is 23.4. The van der Waals surface area contributed by atoms with E-state index in [0.29, 0.717) is 30.0 Å². The van der Waals surface area contributed by atoms with Crippen molar-refractivity contribution in [1.29, 1.82) is 5.41 Å². The molecule has 7 nitrogen and oxygen atoms in total. The van der Waals surface area contributed by atoms with Crippen LogP contribution in [0.3, 0.4) is 0 Å². The molecule has 0 saturated carbocycles. The van der Waals surface area contributed by atoms with E-state index in [1.54, 1.807) is 6.08 Å². The number of para-hydroxylation sites is 1. The van der Waals surface area contributed by atoms with Crippen LogP contribution >= 0.6 is 11.8 Å². The van der Waals surface area contributed by atoms with Gasteiger partial charge in [-0.3, -0.25) is 10.2 Å². The summed E-state index contributed by atoms with van der Waals surface area (Å²) < 4.78 is 11.8. The lowest BCUT2D eigenvalue weighted by molar-refractivity contribution is -0.114. The molecule has 2 heterocycles. The molecule has 0 aromatic heterocycles. The summed E-state index contributed by atoms with van der Waals surface area (Å²) in [4.78, 5) is 16.4. The highest BCUT2D eigenvalue weighted by molar-refractivity contribution is 8.26. The minimum absolute atomic E-state index is 0.0319. The number of hydrazone groups is 1. The van der Waals surface area contributed by atoms with Gasteiger partial charge in [0.05, 0.1) is 10.6 Å². The Morgan fingerprint density at radius 3 is 2.61 bits per heavy atom. The van der Waals surface area contributed by atoms with Gasteiger partial charge in [0.2, 0.25) is 5.17 Å². The quantitative estimate of drug-likeness (QED) is 0.425. The number of rotatable bonds is 8. The van der Waals surface area contributed by atoms with Gasteiger partial charge in [-0.05, 0) is 66.4 Å². The number of nitrogens with zero attached hydrogens (tertiary/aromatic N) is 3. The van der Waals surface area contributed by atoms with Crippen molar-refractivity contribution in [2.75, 3.05) is 13.2 Å². The van der Waals surface area contributed by atoms with Gasteiger partial charge in [-0.1, -0.05) is 44.2 Å². The molecule has 1 atom stereocenters. The molecule has 33 heavy (non-hydrogen) atoms. The van der Waals surface area contributed by atoms with Gasteiger partial charge in [-0.2, -0.15) is 15.1 Å². The van der Waals surface area contributed by atoms with Crippen molar-refractivity contribution in [1.82, 2.24) is 5.01 Å². The number of carbonyl (C=O) groups is 1. The molecule has 0 aliphatic carbocycles. The minimum Gasteiger partial charge on any atom is -0.490 e. The molecule has 2 aliphatic heterocycles. The van der Waals surface area contributed by atoms with Crippen LogP contribution in [0.5, 0.6) is 11.5 Å². The van der Waals surface area contributed by atoms with Crippen LogP contribution in [0.25, 0.3) is 6.08 Å². The number of hydrogen-bond donors (Lipinski definition) is 1. The number of ether oxygens (including phenoxy) is 2. The van der Waals surface area contributed by atoms with Gasteiger partial charge < -0.3 is 9.47 Å². The molecule has 0 saturated heterocycles. The largest absolute Gasteiger partial charge is 0.490 e. The number of amidine groups is 2. The summed E-state index contributed by atoms with van der Waals surface area (Å²) in [6.07, 6.45) is 2.71. The van der Waals surface area contributed by atoms with Crippen molar-refractivity contribution in [3.63, 3.8) is 0 Å². The molecule has 8 heteroatoms. The van der Waals surface area contributed by atoms with Crippen molar-refractivity contribution < 1.29 is 14.3 Å². The number of nitrogens with one attached hydrogen (secondary N) is 1. The van der Waals surface area contributed by atoms with Gasteiger partial charge in [0.25, 0.3) is 5.91 Å². The minimum atomic E-state index is -0.432. The summed E-state index contributed by atoms with van der Waals surface area (Å²) in [6, 6.07) is 15.5. The van der Waals surface area contributed by atoms with E-state index in [9.17, 15) is 4.79 Å². The lowest BCUT2D eigenvalue weighted by atomic mass is 9.98. The summed E-state index contributed by atoms with van der Waals surface area (Å²) >= 11 is 1.29. The van der Waals surface area contributed by atoms with E-state index < -0.39 is 5.91 Å². The van der Waals surface area contributed by atoms with Crippen LogP contribution in [0.4, 0.5) is 0 Å². The first-order valence-corrected chi connectivity index (χ1v) is 11.7. The van der Waals surface area contributed by atoms with E-state index in [-0.39, 0.29) is 11.4 Å². The van der Waals surface area contributed by atoms with E-state index in [4.69, 9.17) is 14.9 Å². The van der Waals surface area contributed by atoms with Crippen LogP contribution < -0.4 is 9.47 Å². The number of carbonyl (C=O) groups excluding carboxylic acids is 1. The fourth-order valence-corrected chi connectivity index (χ4v) is 4.20. The first kappa shape index (κ1) is 22.8. The molecule has 170 valence electrons. The van der Waals surface area contributed by atoms with Crippen molar-refractivity contribution in [3.05, 3.63) is 65.2 Å². The van der Waals surface area contributed by atoms with Crippen molar-refractivity contribution in [2.45, 2.75) is 33.1 Å². The van der Waals surface area contributed by atoms with E-state index in [2.05, 4.69) is 30.0 Å². The SMILES string of the molecule is CC[C@H](C)c1ccccc1OCCOc1ccc(/C=C2/C(=N)N3N=C(C)SC3=NC2=O)cc1. The first-order chi connectivity index (χ1) is 16.0. The summed E-state index contributed by atoms with van der Waals surface area (Å²) in [6.45, 7) is 7.04. The summed E-state index contributed by atoms with van der Waals surface area (Å²) in [5.41, 5.74) is 2.20. The molecule has 0 radical (unpaired) electrons. The molecule has 1 N–H and O–H groups in total. The third kappa shape index (κ3) is 5.17. The Labute approximate surface area is 197 Å². The molecular weight excluding hydrogens is 436 g/mol. The summed E-state index contributed by atoms with van der Waals surface area (Å²) in [7, 11) is 0. The predicted octanol–water partition coefficient (Wildman–Crippen LogP) is 5.30. The summed E-state index contributed by atoms with van der Waals surface area (Å²) in [5.74, 6) is 1.65. The monoisotopic (exact) mass is 462 g/mol. The van der Waals surface area contributed by atoms with Gasteiger partial charge in [-0.15, -0.1) is 0 Å². The van der Waals surface area contributed by atoms with Crippen molar-refractivity contribution >= 4 is 39.8 Å². The van der Waals surface area contributed by atoms with Gasteiger partial charge >= 0.3 is 0 Å². The van der Waals surface area contributed by atoms with Crippen molar-refractivity contribution in [2.24, 2.45) is 10.1 Å². The number of amides is 1. The number of benzene rings is 2. The zero-order valence-electron chi connectivity index (χ0n) is 18.9. The van der Waals surface area contributed by atoms with E-state index in [0.717, 1.165) is 22.8 Å². The molecule has 1 amide bonds. The maximum Gasteiger partial charge on any atom is 0.283 e. The van der Waals surface area contributed by atoms with Crippen LogP contribution in [0.1, 0.15) is 44.2 Å². The molecule has 2 aromatic carbocycles. The molecule has 0 bridgehead atoms. The zero-order valence-corrected chi connectivity index (χ0v) is 19.7. The molecule has 2 aliphatic rings. The average Bonchev–Trinajstić information content (AvgIpc) is 3.20. The van der Waals surface area contributed by atoms with E-state index in [1.165, 1.54) is 22.3 Å². The molecule has 4 rings (SSSR count). The average molecular weight is 463 g/mol. The lowest BCUT2D eigenvalue weighted by Crippen LogP contribution is -2.35. The Balaban J connectivity index is 1.34. The van der Waals surface area contributed by atoms with Gasteiger partial charge in [-0.25, -0.2) is 0 Å². The second kappa shape index (κ2) is 10.0. The van der Waals surface area contributed by atoms with E-state index >= 15 is 0 Å². The van der Waals surface area contributed by atoms with Crippen LogP contribution in [-0.2, 0) is 4.79 Å². The Morgan fingerprint density at radius 1 is 1.12 bits per heavy atom. The highest BCUT2D eigenvalue weighted by Gasteiger charge is 2.34. The number of aliphatic imine (C=N–C) groups is 1.